The Morgan fingerprint density at radius 3 is 1.79 bits per heavy atom. The first-order valence-corrected chi connectivity index (χ1v) is 6.37. The third-order valence-corrected chi connectivity index (χ3v) is 2.41. The van der Waals surface area contributed by atoms with E-state index in [1.165, 1.54) is 19.3 Å². The van der Waals surface area contributed by atoms with Crippen LogP contribution in [0.3, 0.4) is 0 Å². The molecule has 86 valence electrons. The van der Waals surface area contributed by atoms with Gasteiger partial charge in [-0.2, -0.15) is 0 Å². The average molecular weight is 200 g/mol. The molecule has 0 spiro atoms. The maximum atomic E-state index is 11.2. The average Bonchev–Trinajstić information content (AvgIpc) is 2.34. The van der Waals surface area contributed by atoms with Crippen LogP contribution in [0.15, 0.2) is 0 Å². The number of rotatable bonds is 2. The molecule has 1 heteroatoms. The summed E-state index contributed by atoms with van der Waals surface area (Å²) in [6.45, 7) is 9.97. The number of ketones is 1. The third kappa shape index (κ3) is 7.11. The van der Waals surface area contributed by atoms with Crippen molar-refractivity contribution < 1.29 is 4.79 Å². The van der Waals surface area contributed by atoms with Crippen molar-refractivity contribution in [2.75, 3.05) is 0 Å². The van der Waals surface area contributed by atoms with Crippen LogP contribution in [-0.4, -0.2) is 5.78 Å². The Balaban J connectivity index is 0. The number of Topliss-reactive ketones (excluding diaryl/α,β-unsaturated/α-hetero) is 1. The molecule has 0 heterocycles. The molecule has 0 bridgehead atoms. The monoisotopic (exact) mass is 200 g/mol. The van der Waals surface area contributed by atoms with E-state index in [2.05, 4.69) is 0 Å². The predicted octanol–water partition coefficient (Wildman–Crippen LogP) is 4.60. The number of carbonyl (C=O) groups excluding carboxylic acids is 1. The summed E-state index contributed by atoms with van der Waals surface area (Å²) in [5, 5.41) is 0. The molecule has 1 aliphatic carbocycles. The second-order valence-electron chi connectivity index (χ2n) is 3.15. The van der Waals surface area contributed by atoms with E-state index in [1.807, 2.05) is 34.6 Å². The van der Waals surface area contributed by atoms with Gasteiger partial charge in [-0.05, 0) is 12.8 Å². The zero-order valence-corrected chi connectivity index (χ0v) is 10.7. The van der Waals surface area contributed by atoms with Gasteiger partial charge in [-0.25, -0.2) is 0 Å². The highest BCUT2D eigenvalue weighted by atomic mass is 16.1. The van der Waals surface area contributed by atoms with Crippen molar-refractivity contribution in [3.8, 4) is 0 Å². The minimum absolute atomic E-state index is 0.429. The molecule has 0 aromatic carbocycles. The van der Waals surface area contributed by atoms with Crippen LogP contribution in [0.25, 0.3) is 0 Å². The van der Waals surface area contributed by atoms with Crippen LogP contribution in [0.2, 0.25) is 0 Å². The van der Waals surface area contributed by atoms with Gasteiger partial charge in [0.25, 0.3) is 0 Å². The molecular weight excluding hydrogens is 172 g/mol. The quantitative estimate of drug-likeness (QED) is 0.636. The van der Waals surface area contributed by atoms with Crippen LogP contribution in [0.5, 0.6) is 0 Å². The summed E-state index contributed by atoms with van der Waals surface area (Å²) in [7, 11) is 0. The van der Waals surface area contributed by atoms with E-state index in [9.17, 15) is 4.79 Å². The second kappa shape index (κ2) is 12.7. The zero-order chi connectivity index (χ0) is 11.4. The van der Waals surface area contributed by atoms with Gasteiger partial charge < -0.3 is 0 Å². The van der Waals surface area contributed by atoms with Crippen molar-refractivity contribution in [3.05, 3.63) is 0 Å². The summed E-state index contributed by atoms with van der Waals surface area (Å²) in [6.07, 6.45) is 6.95. The van der Waals surface area contributed by atoms with Crippen molar-refractivity contribution in [2.45, 2.75) is 73.1 Å². The molecular formula is C13H28O. The third-order valence-electron chi connectivity index (χ3n) is 2.41. The van der Waals surface area contributed by atoms with Crippen LogP contribution in [0.1, 0.15) is 73.1 Å². The lowest BCUT2D eigenvalue weighted by Crippen LogP contribution is -2.16. The maximum absolute atomic E-state index is 11.2. The Bertz CT molecular complexity index is 112. The molecule has 1 rings (SSSR count). The Hall–Kier alpha value is -0.330. The fourth-order valence-corrected chi connectivity index (χ4v) is 1.71. The molecule has 0 amide bonds. The summed E-state index contributed by atoms with van der Waals surface area (Å²) in [5.41, 5.74) is 0. The lowest BCUT2D eigenvalue weighted by atomic mass is 9.85. The minimum Gasteiger partial charge on any atom is -0.299 e. The summed E-state index contributed by atoms with van der Waals surface area (Å²) in [5.74, 6) is 0.915. The van der Waals surface area contributed by atoms with Gasteiger partial charge in [-0.15, -0.1) is 0 Å². The van der Waals surface area contributed by atoms with E-state index in [0.717, 1.165) is 19.3 Å². The normalized spacial score (nSPS) is 15.8. The molecule has 1 aliphatic rings. The standard InChI is InChI=1S/C9H16O.2C2H6/c1-2-9(10)8-6-4-3-5-7-8;2*1-2/h8H,2-7H2,1H3;2*1-2H3. The van der Waals surface area contributed by atoms with Gasteiger partial charge in [0.2, 0.25) is 0 Å². The van der Waals surface area contributed by atoms with Gasteiger partial charge in [0, 0.05) is 12.3 Å². The Labute approximate surface area is 90.3 Å². The van der Waals surface area contributed by atoms with Crippen molar-refractivity contribution in [1.29, 1.82) is 0 Å². The molecule has 14 heavy (non-hydrogen) atoms. The van der Waals surface area contributed by atoms with Crippen LogP contribution >= 0.6 is 0 Å². The molecule has 0 atom stereocenters. The Morgan fingerprint density at radius 2 is 1.43 bits per heavy atom. The first kappa shape index (κ1) is 16.1. The first-order valence-electron chi connectivity index (χ1n) is 6.37. The summed E-state index contributed by atoms with van der Waals surface area (Å²) in [4.78, 5) is 11.2. The molecule has 0 saturated heterocycles. The van der Waals surface area contributed by atoms with Crippen molar-refractivity contribution in [2.24, 2.45) is 5.92 Å². The molecule has 0 aromatic rings. The molecule has 1 saturated carbocycles. The number of carbonyl (C=O) groups is 1. The van der Waals surface area contributed by atoms with E-state index in [0.29, 0.717) is 11.7 Å². The Kier molecular flexibility index (Phi) is 14.6. The van der Waals surface area contributed by atoms with Crippen LogP contribution in [0.4, 0.5) is 0 Å². The van der Waals surface area contributed by atoms with Crippen LogP contribution in [0, 0.1) is 5.92 Å². The highest BCUT2D eigenvalue weighted by Gasteiger charge is 2.18. The Morgan fingerprint density at radius 1 is 1.00 bits per heavy atom. The topological polar surface area (TPSA) is 17.1 Å². The lowest BCUT2D eigenvalue weighted by Gasteiger charge is -2.19. The summed E-state index contributed by atoms with van der Waals surface area (Å²) >= 11 is 0. The van der Waals surface area contributed by atoms with Gasteiger partial charge >= 0.3 is 0 Å². The fourth-order valence-electron chi connectivity index (χ4n) is 1.71. The molecule has 0 N–H and O–H groups in total. The fraction of sp³-hybridized carbons (Fsp3) is 0.923. The number of hydrogen-bond donors (Lipinski definition) is 0. The second-order valence-corrected chi connectivity index (χ2v) is 3.15. The summed E-state index contributed by atoms with van der Waals surface area (Å²) in [6, 6.07) is 0. The lowest BCUT2D eigenvalue weighted by molar-refractivity contribution is -0.123. The van der Waals surface area contributed by atoms with Crippen LogP contribution in [-0.2, 0) is 4.79 Å². The summed E-state index contributed by atoms with van der Waals surface area (Å²) < 4.78 is 0. The molecule has 0 unspecified atom stereocenters. The van der Waals surface area contributed by atoms with Crippen molar-refractivity contribution >= 4 is 5.78 Å². The van der Waals surface area contributed by atoms with Crippen molar-refractivity contribution in [1.82, 2.24) is 0 Å². The van der Waals surface area contributed by atoms with Gasteiger partial charge in [-0.3, -0.25) is 4.79 Å². The maximum Gasteiger partial charge on any atom is 0.135 e. The number of hydrogen-bond acceptors (Lipinski definition) is 1. The van der Waals surface area contributed by atoms with Crippen LogP contribution < -0.4 is 0 Å². The predicted molar refractivity (Wildman–Crippen MR) is 64.6 cm³/mol. The molecule has 0 aliphatic heterocycles. The largest absolute Gasteiger partial charge is 0.299 e. The van der Waals surface area contributed by atoms with E-state index >= 15 is 0 Å². The molecule has 0 radical (unpaired) electrons. The SMILES string of the molecule is CC.CC.CCC(=O)C1CCCCC1. The smallest absolute Gasteiger partial charge is 0.135 e. The van der Waals surface area contributed by atoms with E-state index in [-0.39, 0.29) is 0 Å². The molecule has 1 fully saturated rings. The van der Waals surface area contributed by atoms with E-state index in [4.69, 9.17) is 0 Å². The molecule has 1 nitrogen and oxygen atoms in total. The minimum atomic E-state index is 0.429. The highest BCUT2D eigenvalue weighted by molar-refractivity contribution is 5.80. The zero-order valence-electron chi connectivity index (χ0n) is 10.7. The van der Waals surface area contributed by atoms with Gasteiger partial charge in [0.05, 0.1) is 0 Å². The van der Waals surface area contributed by atoms with Crippen molar-refractivity contribution in [3.63, 3.8) is 0 Å². The van der Waals surface area contributed by atoms with E-state index < -0.39 is 0 Å². The van der Waals surface area contributed by atoms with E-state index in [1.54, 1.807) is 0 Å². The van der Waals surface area contributed by atoms with Gasteiger partial charge in [-0.1, -0.05) is 53.9 Å². The van der Waals surface area contributed by atoms with Gasteiger partial charge in [0.1, 0.15) is 5.78 Å². The first-order chi connectivity index (χ1) is 6.84. The highest BCUT2D eigenvalue weighted by Crippen LogP contribution is 2.24. The van der Waals surface area contributed by atoms with Gasteiger partial charge in [0.15, 0.2) is 0 Å². The molecule has 0 aromatic heterocycles.